The minimum absolute atomic E-state index is 0.0260. The third-order valence-corrected chi connectivity index (χ3v) is 5.40. The maximum Gasteiger partial charge on any atom is 0.233 e. The number of benzene rings is 1. The van der Waals surface area contributed by atoms with Crippen LogP contribution in [0.4, 0.5) is 0 Å². The second-order valence-corrected chi connectivity index (χ2v) is 7.08. The number of imide groups is 1. The Balaban J connectivity index is 1.65. The lowest BCUT2D eigenvalue weighted by Gasteiger charge is -2.23. The number of fused-ring (bicyclic) bond motifs is 1. The first-order chi connectivity index (χ1) is 11.4. The number of nitrogens with zero attached hydrogens (tertiary/aromatic N) is 1. The van der Waals surface area contributed by atoms with Crippen LogP contribution in [0.25, 0.3) is 0 Å². The lowest BCUT2D eigenvalue weighted by Crippen LogP contribution is -2.34. The minimum atomic E-state index is -0.165. The maximum atomic E-state index is 12.6. The van der Waals surface area contributed by atoms with Gasteiger partial charge in [-0.2, -0.15) is 0 Å². The van der Waals surface area contributed by atoms with Gasteiger partial charge in [0, 0.05) is 0 Å². The van der Waals surface area contributed by atoms with Crippen molar-refractivity contribution in [1.82, 2.24) is 4.90 Å². The smallest absolute Gasteiger partial charge is 0.233 e. The molecule has 0 bridgehead atoms. The number of para-hydroxylation sites is 1. The van der Waals surface area contributed by atoms with Crippen LogP contribution in [0.1, 0.15) is 37.8 Å². The van der Waals surface area contributed by atoms with Crippen LogP contribution in [-0.4, -0.2) is 29.9 Å². The van der Waals surface area contributed by atoms with Crippen molar-refractivity contribution < 1.29 is 14.3 Å². The first-order valence-electron chi connectivity index (χ1n) is 8.59. The zero-order valence-electron chi connectivity index (χ0n) is 14.9. The molecule has 3 rings (SSSR count). The molecule has 2 amide bonds. The molecule has 0 N–H and O–H groups in total. The molecule has 0 unspecified atom stereocenters. The molecule has 4 heteroatoms. The number of amides is 2. The van der Waals surface area contributed by atoms with Gasteiger partial charge >= 0.3 is 0 Å². The SMILES string of the molecule is CC1=C(C)C[C@H]2C(=O)N(CCOc3c(C)cccc3C)C(=O)[C@H]2C1. The van der Waals surface area contributed by atoms with E-state index in [-0.39, 0.29) is 23.7 Å². The summed E-state index contributed by atoms with van der Waals surface area (Å²) < 4.78 is 5.87. The molecular formula is C20H25NO3. The van der Waals surface area contributed by atoms with Crippen molar-refractivity contribution in [2.24, 2.45) is 11.8 Å². The van der Waals surface area contributed by atoms with Crippen molar-refractivity contribution in [3.63, 3.8) is 0 Å². The molecule has 4 nitrogen and oxygen atoms in total. The van der Waals surface area contributed by atoms with Crippen LogP contribution in [0.3, 0.4) is 0 Å². The molecule has 2 atom stereocenters. The van der Waals surface area contributed by atoms with Crippen molar-refractivity contribution in [3.05, 3.63) is 40.5 Å². The molecule has 0 spiro atoms. The summed E-state index contributed by atoms with van der Waals surface area (Å²) in [6.07, 6.45) is 1.44. The Hall–Kier alpha value is -2.10. The first kappa shape index (κ1) is 16.7. The summed E-state index contributed by atoms with van der Waals surface area (Å²) in [5.41, 5.74) is 4.65. The first-order valence-corrected chi connectivity index (χ1v) is 8.59. The zero-order chi connectivity index (χ0) is 17.4. The maximum absolute atomic E-state index is 12.6. The van der Waals surface area contributed by atoms with E-state index in [1.54, 1.807) is 0 Å². The lowest BCUT2D eigenvalue weighted by molar-refractivity contribution is -0.140. The Morgan fingerprint density at radius 3 is 1.96 bits per heavy atom. The number of rotatable bonds is 4. The van der Waals surface area contributed by atoms with Gasteiger partial charge in [-0.15, -0.1) is 0 Å². The van der Waals surface area contributed by atoms with Crippen molar-refractivity contribution >= 4 is 11.8 Å². The number of likely N-dealkylation sites (tertiary alicyclic amines) is 1. The quantitative estimate of drug-likeness (QED) is 0.629. The van der Waals surface area contributed by atoms with Crippen LogP contribution < -0.4 is 4.74 Å². The molecule has 0 aromatic heterocycles. The average molecular weight is 327 g/mol. The van der Waals surface area contributed by atoms with E-state index in [0.29, 0.717) is 13.2 Å². The minimum Gasteiger partial charge on any atom is -0.491 e. The molecule has 1 aliphatic heterocycles. The Morgan fingerprint density at radius 1 is 0.958 bits per heavy atom. The topological polar surface area (TPSA) is 46.6 Å². The number of carbonyl (C=O) groups is 2. The monoisotopic (exact) mass is 327 g/mol. The predicted octanol–water partition coefficient (Wildman–Crippen LogP) is 3.41. The highest BCUT2D eigenvalue weighted by Gasteiger charge is 2.48. The fraction of sp³-hybridized carbons (Fsp3) is 0.500. The van der Waals surface area contributed by atoms with E-state index in [0.717, 1.165) is 29.7 Å². The van der Waals surface area contributed by atoms with Crippen molar-refractivity contribution in [2.45, 2.75) is 40.5 Å². The molecule has 1 aromatic rings. The summed E-state index contributed by atoms with van der Waals surface area (Å²) in [5.74, 6) is 0.467. The number of aryl methyl sites for hydroxylation is 2. The van der Waals surface area contributed by atoms with Gasteiger partial charge in [-0.05, 0) is 51.7 Å². The Morgan fingerprint density at radius 2 is 1.46 bits per heavy atom. The standard InChI is InChI=1S/C20H25NO3/c1-12-6-5-7-13(2)18(12)24-9-8-21-19(22)16-10-14(3)15(4)11-17(16)20(21)23/h5-7,16-17H,8-11H2,1-4H3/t16-,17+. The van der Waals surface area contributed by atoms with E-state index in [4.69, 9.17) is 4.74 Å². The van der Waals surface area contributed by atoms with Crippen LogP contribution in [0, 0.1) is 25.7 Å². The summed E-state index contributed by atoms with van der Waals surface area (Å²) in [4.78, 5) is 26.6. The molecule has 1 aromatic carbocycles. The van der Waals surface area contributed by atoms with E-state index in [1.165, 1.54) is 16.0 Å². The Kier molecular flexibility index (Phi) is 4.48. The molecule has 0 saturated carbocycles. The summed E-state index contributed by atoms with van der Waals surface area (Å²) >= 11 is 0. The van der Waals surface area contributed by atoms with Crippen LogP contribution >= 0.6 is 0 Å². The van der Waals surface area contributed by atoms with Gasteiger partial charge in [0.15, 0.2) is 0 Å². The van der Waals surface area contributed by atoms with Gasteiger partial charge in [0.2, 0.25) is 11.8 Å². The van der Waals surface area contributed by atoms with Crippen LogP contribution in [0.2, 0.25) is 0 Å². The summed E-state index contributed by atoms with van der Waals surface area (Å²) in [5, 5.41) is 0. The Labute approximate surface area is 143 Å². The van der Waals surface area contributed by atoms with E-state index in [2.05, 4.69) is 13.8 Å². The van der Waals surface area contributed by atoms with Gasteiger partial charge in [-0.1, -0.05) is 29.3 Å². The molecule has 1 aliphatic carbocycles. The van der Waals surface area contributed by atoms with Crippen molar-refractivity contribution in [1.29, 1.82) is 0 Å². The van der Waals surface area contributed by atoms with Crippen LogP contribution in [-0.2, 0) is 9.59 Å². The van der Waals surface area contributed by atoms with E-state index in [9.17, 15) is 9.59 Å². The summed E-state index contributed by atoms with van der Waals surface area (Å²) in [6.45, 7) is 8.80. The Bertz CT molecular complexity index is 667. The second-order valence-electron chi connectivity index (χ2n) is 7.08. The highest BCUT2D eigenvalue weighted by molar-refractivity contribution is 6.05. The molecule has 2 aliphatic rings. The third-order valence-electron chi connectivity index (χ3n) is 5.40. The molecule has 1 heterocycles. The van der Waals surface area contributed by atoms with E-state index >= 15 is 0 Å². The summed E-state index contributed by atoms with van der Waals surface area (Å²) in [7, 11) is 0. The van der Waals surface area contributed by atoms with Gasteiger partial charge in [-0.3, -0.25) is 14.5 Å². The van der Waals surface area contributed by atoms with E-state index < -0.39 is 0 Å². The van der Waals surface area contributed by atoms with Crippen molar-refractivity contribution in [3.8, 4) is 5.75 Å². The average Bonchev–Trinajstić information content (AvgIpc) is 2.75. The normalized spacial score (nSPS) is 23.8. The van der Waals surface area contributed by atoms with Crippen molar-refractivity contribution in [2.75, 3.05) is 13.2 Å². The van der Waals surface area contributed by atoms with Crippen LogP contribution in [0.15, 0.2) is 29.3 Å². The predicted molar refractivity (Wildman–Crippen MR) is 92.7 cm³/mol. The fourth-order valence-electron chi connectivity index (χ4n) is 3.81. The molecule has 1 fully saturated rings. The van der Waals surface area contributed by atoms with E-state index in [1.807, 2.05) is 32.0 Å². The number of hydrogen-bond acceptors (Lipinski definition) is 3. The molecule has 128 valence electrons. The number of carbonyl (C=O) groups excluding carboxylic acids is 2. The van der Waals surface area contributed by atoms with Gasteiger partial charge < -0.3 is 4.74 Å². The highest BCUT2D eigenvalue weighted by atomic mass is 16.5. The van der Waals surface area contributed by atoms with Gasteiger partial charge in [0.1, 0.15) is 12.4 Å². The molecule has 24 heavy (non-hydrogen) atoms. The highest BCUT2D eigenvalue weighted by Crippen LogP contribution is 2.40. The van der Waals surface area contributed by atoms with Gasteiger partial charge in [-0.25, -0.2) is 0 Å². The van der Waals surface area contributed by atoms with Gasteiger partial charge in [0.05, 0.1) is 18.4 Å². The number of hydrogen-bond donors (Lipinski definition) is 0. The largest absolute Gasteiger partial charge is 0.491 e. The zero-order valence-corrected chi connectivity index (χ0v) is 14.9. The molecule has 0 radical (unpaired) electrons. The number of ether oxygens (including phenoxy) is 1. The second kappa shape index (κ2) is 6.42. The molecular weight excluding hydrogens is 302 g/mol. The fourth-order valence-corrected chi connectivity index (χ4v) is 3.81. The number of allylic oxidation sites excluding steroid dienone is 2. The van der Waals surface area contributed by atoms with Gasteiger partial charge in [0.25, 0.3) is 0 Å². The lowest BCUT2D eigenvalue weighted by atomic mass is 9.78. The molecule has 1 saturated heterocycles. The van der Waals surface area contributed by atoms with Crippen LogP contribution in [0.5, 0.6) is 5.75 Å². The summed E-state index contributed by atoms with van der Waals surface area (Å²) in [6, 6.07) is 5.99. The third kappa shape index (κ3) is 2.85.